The van der Waals surface area contributed by atoms with E-state index in [1.165, 1.54) is 12.1 Å². The Hall–Kier alpha value is -3.40. The molecule has 34 heavy (non-hydrogen) atoms. The van der Waals surface area contributed by atoms with Gasteiger partial charge in [0.05, 0.1) is 5.56 Å². The molecule has 4 rings (SSSR count). The summed E-state index contributed by atoms with van der Waals surface area (Å²) in [4.78, 5) is 29.5. The molecule has 2 aromatic carbocycles. The van der Waals surface area contributed by atoms with E-state index in [1.807, 2.05) is 43.9 Å². The highest BCUT2D eigenvalue weighted by atomic mass is 19.1. The minimum Gasteiger partial charge on any atom is -0.444 e. The highest BCUT2D eigenvalue weighted by Gasteiger charge is 2.39. The van der Waals surface area contributed by atoms with Crippen LogP contribution in [0.4, 0.5) is 9.18 Å². The summed E-state index contributed by atoms with van der Waals surface area (Å²) in [6, 6.07) is 13.8. The lowest BCUT2D eigenvalue weighted by Gasteiger charge is -2.39. The quantitative estimate of drug-likeness (QED) is 0.611. The molecular weight excluding hydrogens is 433 g/mol. The number of piperidine rings is 1. The van der Waals surface area contributed by atoms with Crippen molar-refractivity contribution in [2.24, 2.45) is 0 Å². The van der Waals surface area contributed by atoms with Gasteiger partial charge in [0.2, 0.25) is 0 Å². The topological polar surface area (TPSA) is 73.6 Å². The van der Waals surface area contributed by atoms with Crippen LogP contribution in [-0.4, -0.2) is 52.6 Å². The minimum atomic E-state index is -0.558. The van der Waals surface area contributed by atoms with Crippen LogP contribution in [-0.2, 0) is 4.74 Å². The van der Waals surface area contributed by atoms with Crippen molar-refractivity contribution < 1.29 is 18.7 Å². The summed E-state index contributed by atoms with van der Waals surface area (Å²) in [6.45, 7) is 6.70. The zero-order valence-electron chi connectivity index (χ0n) is 19.9. The second-order valence-electron chi connectivity index (χ2n) is 10.0. The number of carbonyl (C=O) groups is 2. The number of amides is 2. The molecule has 2 aliphatic rings. The first-order valence-electron chi connectivity index (χ1n) is 11.8. The van der Waals surface area contributed by atoms with Crippen molar-refractivity contribution in [1.82, 2.24) is 9.80 Å². The predicted octanol–water partition coefficient (Wildman–Crippen LogP) is 5.37. The SMILES string of the molecule is CC(C)(C)OC(=O)N1CCC(N(C(=O)c2ccc(-c3ccc(C#N)c(F)c3)cc2)C2CC2)CC1. The van der Waals surface area contributed by atoms with E-state index in [-0.39, 0.29) is 29.6 Å². The highest BCUT2D eigenvalue weighted by molar-refractivity contribution is 5.95. The minimum absolute atomic E-state index is 0.00391. The summed E-state index contributed by atoms with van der Waals surface area (Å²) >= 11 is 0. The maximum absolute atomic E-state index is 14.0. The number of hydrogen-bond donors (Lipinski definition) is 0. The van der Waals surface area contributed by atoms with Gasteiger partial charge in [0.25, 0.3) is 5.91 Å². The van der Waals surface area contributed by atoms with Crippen LogP contribution in [0.1, 0.15) is 62.4 Å². The Labute approximate surface area is 199 Å². The van der Waals surface area contributed by atoms with Crippen LogP contribution in [0.25, 0.3) is 11.1 Å². The Bertz CT molecular complexity index is 1110. The lowest BCUT2D eigenvalue weighted by atomic mass is 10.00. The Kier molecular flexibility index (Phi) is 6.60. The molecule has 0 atom stereocenters. The van der Waals surface area contributed by atoms with E-state index in [0.29, 0.717) is 24.2 Å². The molecule has 0 N–H and O–H groups in total. The van der Waals surface area contributed by atoms with Crippen LogP contribution < -0.4 is 0 Å². The fourth-order valence-electron chi connectivity index (χ4n) is 4.38. The first-order chi connectivity index (χ1) is 16.2. The zero-order chi connectivity index (χ0) is 24.5. The molecular formula is C27H30FN3O3. The average Bonchev–Trinajstić information content (AvgIpc) is 3.63. The molecule has 0 spiro atoms. The molecule has 1 saturated heterocycles. The summed E-state index contributed by atoms with van der Waals surface area (Å²) in [6.07, 6.45) is 3.15. The van der Waals surface area contributed by atoms with Gasteiger partial charge in [-0.05, 0) is 81.8 Å². The highest BCUT2D eigenvalue weighted by Crippen LogP contribution is 2.34. The number of rotatable bonds is 4. The fraction of sp³-hybridized carbons (Fsp3) is 0.444. The maximum atomic E-state index is 14.0. The molecule has 0 unspecified atom stereocenters. The van der Waals surface area contributed by atoms with E-state index in [1.54, 1.807) is 23.1 Å². The van der Waals surface area contributed by atoms with E-state index < -0.39 is 11.4 Å². The molecule has 178 valence electrons. The number of nitriles is 1. The molecule has 0 aromatic heterocycles. The summed E-state index contributed by atoms with van der Waals surface area (Å²) in [5.41, 5.74) is 1.51. The predicted molar refractivity (Wildman–Crippen MR) is 127 cm³/mol. The largest absolute Gasteiger partial charge is 0.444 e. The van der Waals surface area contributed by atoms with E-state index in [2.05, 4.69) is 0 Å². The van der Waals surface area contributed by atoms with Crippen molar-refractivity contribution in [2.75, 3.05) is 13.1 Å². The molecule has 0 bridgehead atoms. The van der Waals surface area contributed by atoms with E-state index in [0.717, 1.165) is 31.2 Å². The van der Waals surface area contributed by atoms with Crippen molar-refractivity contribution in [2.45, 2.75) is 64.1 Å². The van der Waals surface area contributed by atoms with E-state index in [4.69, 9.17) is 10.00 Å². The fourth-order valence-corrected chi connectivity index (χ4v) is 4.38. The van der Waals surface area contributed by atoms with Crippen LogP contribution >= 0.6 is 0 Å². The van der Waals surface area contributed by atoms with E-state index >= 15 is 0 Å². The molecule has 2 amide bonds. The van der Waals surface area contributed by atoms with Gasteiger partial charge in [0, 0.05) is 30.7 Å². The van der Waals surface area contributed by atoms with Crippen molar-refractivity contribution in [3.63, 3.8) is 0 Å². The summed E-state index contributed by atoms with van der Waals surface area (Å²) < 4.78 is 19.5. The first kappa shape index (κ1) is 23.7. The van der Waals surface area contributed by atoms with Crippen LogP contribution in [0.3, 0.4) is 0 Å². The molecule has 1 aliphatic carbocycles. The average molecular weight is 464 g/mol. The molecule has 2 aromatic rings. The van der Waals surface area contributed by atoms with Gasteiger partial charge in [0.15, 0.2) is 0 Å². The summed E-state index contributed by atoms with van der Waals surface area (Å²) in [5, 5.41) is 8.92. The van der Waals surface area contributed by atoms with Crippen molar-refractivity contribution >= 4 is 12.0 Å². The molecule has 0 radical (unpaired) electrons. The number of likely N-dealkylation sites (tertiary alicyclic amines) is 1. The number of carbonyl (C=O) groups excluding carboxylic acids is 2. The van der Waals surface area contributed by atoms with Gasteiger partial charge in [-0.25, -0.2) is 9.18 Å². The first-order valence-corrected chi connectivity index (χ1v) is 11.8. The number of halogens is 1. The van der Waals surface area contributed by atoms with E-state index in [9.17, 15) is 14.0 Å². The third-order valence-electron chi connectivity index (χ3n) is 6.24. The Balaban J connectivity index is 1.43. The second-order valence-corrected chi connectivity index (χ2v) is 10.0. The number of hydrogen-bond acceptors (Lipinski definition) is 4. The normalized spacial score (nSPS) is 16.6. The molecule has 7 heteroatoms. The maximum Gasteiger partial charge on any atom is 0.410 e. The molecule has 2 fully saturated rings. The van der Waals surface area contributed by atoms with Gasteiger partial charge in [0.1, 0.15) is 17.5 Å². The molecule has 6 nitrogen and oxygen atoms in total. The van der Waals surface area contributed by atoms with Crippen LogP contribution in [0.15, 0.2) is 42.5 Å². The van der Waals surface area contributed by atoms with Gasteiger partial charge < -0.3 is 14.5 Å². The molecule has 1 saturated carbocycles. The van der Waals surface area contributed by atoms with Crippen molar-refractivity contribution in [3.05, 3.63) is 59.4 Å². The number of benzene rings is 2. The third kappa shape index (κ3) is 5.39. The van der Waals surface area contributed by atoms with Crippen LogP contribution in [0.5, 0.6) is 0 Å². The summed E-state index contributed by atoms with van der Waals surface area (Å²) in [7, 11) is 0. The van der Waals surface area contributed by atoms with Gasteiger partial charge in [-0.1, -0.05) is 18.2 Å². The third-order valence-corrected chi connectivity index (χ3v) is 6.24. The van der Waals surface area contributed by atoms with Crippen LogP contribution in [0, 0.1) is 17.1 Å². The molecule has 1 heterocycles. The van der Waals surface area contributed by atoms with Crippen LogP contribution in [0.2, 0.25) is 0 Å². The number of nitrogens with zero attached hydrogens (tertiary/aromatic N) is 3. The van der Waals surface area contributed by atoms with Crippen molar-refractivity contribution in [1.29, 1.82) is 5.26 Å². The Morgan fingerprint density at radius 3 is 2.12 bits per heavy atom. The van der Waals surface area contributed by atoms with Gasteiger partial charge >= 0.3 is 6.09 Å². The number of ether oxygens (including phenoxy) is 1. The summed E-state index contributed by atoms with van der Waals surface area (Å²) in [5.74, 6) is -0.562. The lowest BCUT2D eigenvalue weighted by Crippen LogP contribution is -2.50. The standard InChI is InChI=1S/C27H30FN3O3/c1-27(2,3)34-26(33)30-14-12-23(13-15-30)31(22-10-11-22)25(32)19-6-4-18(5-7-19)20-8-9-21(17-29)24(28)16-20/h4-9,16,22-23H,10-15H2,1-3H3. The molecule has 1 aliphatic heterocycles. The second kappa shape index (κ2) is 9.46. The van der Waals surface area contributed by atoms with Gasteiger partial charge in [-0.2, -0.15) is 5.26 Å². The monoisotopic (exact) mass is 463 g/mol. The smallest absolute Gasteiger partial charge is 0.410 e. The van der Waals surface area contributed by atoms with Crippen molar-refractivity contribution in [3.8, 4) is 17.2 Å². The Morgan fingerprint density at radius 1 is 1.00 bits per heavy atom. The zero-order valence-corrected chi connectivity index (χ0v) is 19.9. The van der Waals surface area contributed by atoms with Gasteiger partial charge in [-0.3, -0.25) is 4.79 Å². The lowest BCUT2D eigenvalue weighted by molar-refractivity contribution is 0.0142. The Morgan fingerprint density at radius 2 is 1.59 bits per heavy atom. The van der Waals surface area contributed by atoms with Gasteiger partial charge in [-0.15, -0.1) is 0 Å².